The van der Waals surface area contributed by atoms with Crippen molar-refractivity contribution < 1.29 is 49.0 Å². The first-order chi connectivity index (χ1) is 5.45. The zero-order chi connectivity index (χ0) is 10.1. The maximum Gasteiger partial charge on any atom is 1.00 e. The number of rotatable bonds is 2. The zero-order valence-corrected chi connectivity index (χ0v) is 10.1. The van der Waals surface area contributed by atoms with Crippen molar-refractivity contribution in [3.05, 3.63) is 24.8 Å². The molecule has 0 amide bonds. The number of esters is 1. The van der Waals surface area contributed by atoms with Gasteiger partial charge >= 0.3 is 35.5 Å². The van der Waals surface area contributed by atoms with E-state index in [1.54, 1.807) is 0 Å². The fourth-order valence-electron chi connectivity index (χ4n) is 0.0833. The van der Waals surface area contributed by atoms with E-state index in [0.717, 1.165) is 6.08 Å². The van der Waals surface area contributed by atoms with Crippen LogP contribution in [0.3, 0.4) is 0 Å². The van der Waals surface area contributed by atoms with Crippen LogP contribution >= 0.6 is 0 Å². The predicted octanol–water partition coefficient (Wildman–Crippen LogP) is -3.34. The molecule has 5 heteroatoms. The van der Waals surface area contributed by atoms with Crippen LogP contribution in [0.2, 0.25) is 0 Å². The molecule has 0 aromatic rings. The molecule has 0 unspecified atom stereocenters. The van der Waals surface area contributed by atoms with Gasteiger partial charge in [-0.15, -0.1) is 0 Å². The fraction of sp³-hybridized carbons (Fsp3) is 0.250. The van der Waals surface area contributed by atoms with Crippen molar-refractivity contribution in [2.24, 2.45) is 0 Å². The van der Waals surface area contributed by atoms with Gasteiger partial charge in [-0.05, 0) is 12.5 Å². The number of carboxylic acid groups (broad SMARTS) is 1. The van der Waals surface area contributed by atoms with Crippen molar-refractivity contribution in [1.29, 1.82) is 0 Å². The first-order valence-electron chi connectivity index (χ1n) is 3.03. The van der Waals surface area contributed by atoms with Gasteiger partial charge in [0.1, 0.15) is 0 Å². The van der Waals surface area contributed by atoms with Crippen molar-refractivity contribution in [1.82, 2.24) is 0 Å². The molecule has 0 atom stereocenters. The minimum absolute atomic E-state index is 0. The van der Waals surface area contributed by atoms with E-state index in [9.17, 15) is 14.7 Å². The Balaban J connectivity index is -0.000000143. The number of ether oxygens (including phenoxy) is 1. The van der Waals surface area contributed by atoms with Gasteiger partial charge in [0.2, 0.25) is 0 Å². The summed E-state index contributed by atoms with van der Waals surface area (Å²) in [5.74, 6) is -1.58. The molecule has 0 bridgehead atoms. The van der Waals surface area contributed by atoms with E-state index in [4.69, 9.17) is 0 Å². The van der Waals surface area contributed by atoms with E-state index >= 15 is 0 Å². The Morgan fingerprint density at radius 1 is 1.46 bits per heavy atom. The van der Waals surface area contributed by atoms with Crippen LogP contribution in [-0.4, -0.2) is 19.0 Å². The number of carbonyl (C=O) groups excluding carboxylic acids is 2. The van der Waals surface area contributed by atoms with E-state index in [-0.39, 0.29) is 35.1 Å². The molecular formula is C8H11NaO4. The summed E-state index contributed by atoms with van der Waals surface area (Å²) in [6.07, 6.45) is 1.11. The first kappa shape index (κ1) is 18.3. The van der Waals surface area contributed by atoms with Crippen LogP contribution < -0.4 is 34.7 Å². The Morgan fingerprint density at radius 2 is 1.77 bits per heavy atom. The Morgan fingerprint density at radius 3 is 1.77 bits per heavy atom. The first-order valence-corrected chi connectivity index (χ1v) is 3.03. The second kappa shape index (κ2) is 11.4. The summed E-state index contributed by atoms with van der Waals surface area (Å²) in [6.45, 7) is 7.63. The van der Waals surface area contributed by atoms with E-state index in [1.807, 2.05) is 0 Å². The number of aliphatic carboxylic acids is 1. The summed E-state index contributed by atoms with van der Waals surface area (Å²) in [4.78, 5) is 19.3. The molecule has 0 N–H and O–H groups in total. The third-order valence-electron chi connectivity index (χ3n) is 0.716. The predicted molar refractivity (Wildman–Crippen MR) is 42.0 cm³/mol. The molecule has 13 heavy (non-hydrogen) atoms. The largest absolute Gasteiger partial charge is 1.00 e. The number of hydrogen-bond donors (Lipinski definition) is 0. The van der Waals surface area contributed by atoms with Crippen molar-refractivity contribution in [3.8, 4) is 0 Å². The topological polar surface area (TPSA) is 66.4 Å². The molecule has 0 fully saturated rings. The quantitative estimate of drug-likeness (QED) is 0.262. The molecule has 4 nitrogen and oxygen atoms in total. The van der Waals surface area contributed by atoms with Crippen LogP contribution in [0.5, 0.6) is 0 Å². The molecule has 0 aromatic carbocycles. The summed E-state index contributed by atoms with van der Waals surface area (Å²) in [5, 5.41) is 9.49. The second-order valence-corrected chi connectivity index (χ2v) is 1.80. The van der Waals surface area contributed by atoms with Gasteiger partial charge in [-0.2, -0.15) is 0 Å². The molecule has 0 rings (SSSR count). The monoisotopic (exact) mass is 194 g/mol. The van der Waals surface area contributed by atoms with Crippen LogP contribution in [0.15, 0.2) is 24.8 Å². The Bertz CT molecular complexity index is 184. The normalized spacial score (nSPS) is 6.62. The third kappa shape index (κ3) is 18.4. The van der Waals surface area contributed by atoms with Crippen LogP contribution in [0.25, 0.3) is 0 Å². The summed E-state index contributed by atoms with van der Waals surface area (Å²) in [5.41, 5.74) is 0.0648. The van der Waals surface area contributed by atoms with Crippen molar-refractivity contribution in [3.63, 3.8) is 0 Å². The molecule has 0 aliphatic heterocycles. The summed E-state index contributed by atoms with van der Waals surface area (Å²) < 4.78 is 4.14. The maximum absolute atomic E-state index is 9.84. The molecule has 0 aliphatic rings. The molecule has 0 spiro atoms. The van der Waals surface area contributed by atoms with Crippen LogP contribution in [0.4, 0.5) is 0 Å². The molecule has 0 heterocycles. The Labute approximate surface area is 99.6 Å². The van der Waals surface area contributed by atoms with Gasteiger partial charge in [-0.25, -0.2) is 4.79 Å². The van der Waals surface area contributed by atoms with Crippen LogP contribution in [0.1, 0.15) is 6.92 Å². The van der Waals surface area contributed by atoms with Gasteiger partial charge in [-0.3, -0.25) is 0 Å². The Kier molecular flexibility index (Phi) is 16.0. The Hall–Kier alpha value is -0.580. The van der Waals surface area contributed by atoms with Crippen LogP contribution in [-0.2, 0) is 14.3 Å². The molecule has 68 valence electrons. The van der Waals surface area contributed by atoms with E-state index in [1.165, 1.54) is 14.0 Å². The summed E-state index contributed by atoms with van der Waals surface area (Å²) >= 11 is 0. The van der Waals surface area contributed by atoms with Gasteiger partial charge in [0.15, 0.2) is 0 Å². The van der Waals surface area contributed by atoms with Gasteiger partial charge in [0, 0.05) is 6.08 Å². The smallest absolute Gasteiger partial charge is 0.545 e. The maximum atomic E-state index is 9.84. The van der Waals surface area contributed by atoms with E-state index in [2.05, 4.69) is 17.9 Å². The van der Waals surface area contributed by atoms with Crippen molar-refractivity contribution >= 4 is 11.9 Å². The van der Waals surface area contributed by atoms with Crippen LogP contribution in [0, 0.1) is 0 Å². The molecule has 0 aromatic heterocycles. The zero-order valence-electron chi connectivity index (χ0n) is 8.12. The van der Waals surface area contributed by atoms with E-state index < -0.39 is 11.9 Å². The molecular weight excluding hydrogens is 183 g/mol. The molecule has 0 saturated heterocycles. The third-order valence-corrected chi connectivity index (χ3v) is 0.716. The standard InChI is InChI=1S/2C4H6O2.Na/c1-3-4(5)6-2;1-3(2)4(5)6;/h3H,1H2,2H3;1H2,2H3,(H,5,6);/q;;+1/p-1. The minimum Gasteiger partial charge on any atom is -0.545 e. The van der Waals surface area contributed by atoms with Gasteiger partial charge in [0.05, 0.1) is 13.1 Å². The van der Waals surface area contributed by atoms with E-state index in [0.29, 0.717) is 0 Å². The summed E-state index contributed by atoms with van der Waals surface area (Å²) in [7, 11) is 1.31. The second-order valence-electron chi connectivity index (χ2n) is 1.80. The SMILES string of the molecule is C=C(C)C(=O)[O-].C=CC(=O)OC.[Na+]. The molecule has 0 saturated carbocycles. The van der Waals surface area contributed by atoms with Gasteiger partial charge in [-0.1, -0.05) is 13.2 Å². The number of methoxy groups -OCH3 is 1. The minimum atomic E-state index is -1.19. The number of hydrogen-bond acceptors (Lipinski definition) is 4. The number of carbonyl (C=O) groups is 2. The average molecular weight is 194 g/mol. The van der Waals surface area contributed by atoms with Gasteiger partial charge in [0.25, 0.3) is 0 Å². The number of carboxylic acids is 1. The van der Waals surface area contributed by atoms with Crippen molar-refractivity contribution in [2.75, 3.05) is 7.11 Å². The fourth-order valence-corrected chi connectivity index (χ4v) is 0.0833. The molecule has 0 radical (unpaired) electrons. The van der Waals surface area contributed by atoms with Crippen molar-refractivity contribution in [2.45, 2.75) is 6.92 Å². The molecule has 0 aliphatic carbocycles. The van der Waals surface area contributed by atoms with Gasteiger partial charge < -0.3 is 14.6 Å². The average Bonchev–Trinajstić information content (AvgIpc) is 2.04. The summed E-state index contributed by atoms with van der Waals surface area (Å²) in [6, 6.07) is 0.